The summed E-state index contributed by atoms with van der Waals surface area (Å²) >= 11 is 0. The SMILES string of the molecule is Cc1ccccc1CN1CCCN(CC(=O)Nc2ccccc2)S1(=O)=O. The second-order valence-electron chi connectivity index (χ2n) is 6.37. The van der Waals surface area contributed by atoms with Crippen LogP contribution in [-0.2, 0) is 21.5 Å². The molecule has 6 nitrogen and oxygen atoms in total. The summed E-state index contributed by atoms with van der Waals surface area (Å²) in [6.07, 6.45) is 0.698. The van der Waals surface area contributed by atoms with E-state index in [0.717, 1.165) is 11.1 Å². The van der Waals surface area contributed by atoms with Gasteiger partial charge in [-0.1, -0.05) is 42.5 Å². The van der Waals surface area contributed by atoms with Crippen LogP contribution in [0.3, 0.4) is 0 Å². The molecule has 0 atom stereocenters. The van der Waals surface area contributed by atoms with E-state index in [2.05, 4.69) is 5.32 Å². The number of aryl methyl sites for hydroxylation is 1. The summed E-state index contributed by atoms with van der Waals surface area (Å²) in [5.74, 6) is -0.336. The molecule has 0 bridgehead atoms. The molecule has 2 aromatic carbocycles. The van der Waals surface area contributed by atoms with Crippen molar-refractivity contribution in [2.24, 2.45) is 0 Å². The van der Waals surface area contributed by atoms with Crippen LogP contribution in [0, 0.1) is 6.92 Å². The van der Waals surface area contributed by atoms with Crippen LogP contribution >= 0.6 is 0 Å². The standard InChI is InChI=1S/C19H23N3O3S/c1-16-8-5-6-9-17(16)14-21-12-7-13-22(26(21,24)25)15-19(23)20-18-10-3-2-4-11-18/h2-6,8-11H,7,12-15H2,1H3,(H,20,23). The van der Waals surface area contributed by atoms with Crippen LogP contribution in [0.2, 0.25) is 0 Å². The van der Waals surface area contributed by atoms with E-state index in [1.165, 1.54) is 8.61 Å². The van der Waals surface area contributed by atoms with Crippen LogP contribution in [0.15, 0.2) is 54.6 Å². The Kier molecular flexibility index (Phi) is 5.70. The van der Waals surface area contributed by atoms with Gasteiger partial charge in [0.1, 0.15) is 0 Å². The van der Waals surface area contributed by atoms with E-state index >= 15 is 0 Å². The lowest BCUT2D eigenvalue weighted by molar-refractivity contribution is -0.116. The van der Waals surface area contributed by atoms with Gasteiger partial charge in [0.15, 0.2) is 0 Å². The third kappa shape index (κ3) is 4.30. The zero-order valence-electron chi connectivity index (χ0n) is 14.8. The van der Waals surface area contributed by atoms with E-state index in [-0.39, 0.29) is 12.5 Å². The maximum Gasteiger partial charge on any atom is 0.282 e. The molecule has 1 aliphatic heterocycles. The Morgan fingerprint density at radius 1 is 1.00 bits per heavy atom. The highest BCUT2D eigenvalue weighted by Gasteiger charge is 2.34. The zero-order valence-corrected chi connectivity index (χ0v) is 15.6. The minimum Gasteiger partial charge on any atom is -0.325 e. The molecular weight excluding hydrogens is 350 g/mol. The Bertz CT molecular complexity index is 869. The number of carbonyl (C=O) groups is 1. The topological polar surface area (TPSA) is 69.7 Å². The smallest absolute Gasteiger partial charge is 0.282 e. The van der Waals surface area contributed by atoms with Crippen molar-refractivity contribution >= 4 is 21.8 Å². The third-order valence-corrected chi connectivity index (χ3v) is 6.38. The minimum absolute atomic E-state index is 0.179. The number of amides is 1. The molecule has 3 rings (SSSR count). The molecule has 1 fully saturated rings. The van der Waals surface area contributed by atoms with Gasteiger partial charge in [-0.05, 0) is 36.6 Å². The van der Waals surface area contributed by atoms with E-state index in [1.807, 2.05) is 49.4 Å². The lowest BCUT2D eigenvalue weighted by Gasteiger charge is -2.34. The fraction of sp³-hybridized carbons (Fsp3) is 0.316. The van der Waals surface area contributed by atoms with Crippen LogP contribution in [-0.4, -0.2) is 42.6 Å². The normalized spacial score (nSPS) is 17.7. The van der Waals surface area contributed by atoms with Gasteiger partial charge in [-0.25, -0.2) is 0 Å². The molecule has 0 aromatic heterocycles. The first-order valence-corrected chi connectivity index (χ1v) is 10.0. The average Bonchev–Trinajstić information content (AvgIpc) is 2.61. The van der Waals surface area contributed by atoms with E-state index in [9.17, 15) is 13.2 Å². The summed E-state index contributed by atoms with van der Waals surface area (Å²) in [5.41, 5.74) is 2.69. The number of anilines is 1. The van der Waals surface area contributed by atoms with Crippen LogP contribution in [0.4, 0.5) is 5.69 Å². The Morgan fingerprint density at radius 2 is 1.65 bits per heavy atom. The van der Waals surface area contributed by atoms with Gasteiger partial charge in [0.05, 0.1) is 6.54 Å². The van der Waals surface area contributed by atoms with Crippen molar-refractivity contribution in [1.82, 2.24) is 8.61 Å². The van der Waals surface area contributed by atoms with E-state index in [1.54, 1.807) is 12.1 Å². The van der Waals surface area contributed by atoms with Crippen molar-refractivity contribution in [1.29, 1.82) is 0 Å². The lowest BCUT2D eigenvalue weighted by atomic mass is 10.1. The van der Waals surface area contributed by atoms with Crippen LogP contribution in [0.5, 0.6) is 0 Å². The maximum atomic E-state index is 12.9. The minimum atomic E-state index is -3.66. The van der Waals surface area contributed by atoms with Crippen molar-refractivity contribution in [2.75, 3.05) is 25.0 Å². The molecule has 0 aliphatic carbocycles. The van der Waals surface area contributed by atoms with Crippen molar-refractivity contribution in [3.8, 4) is 0 Å². The first-order chi connectivity index (χ1) is 12.5. The number of hydrogen-bond acceptors (Lipinski definition) is 3. The summed E-state index contributed by atoms with van der Waals surface area (Å²) in [4.78, 5) is 12.3. The molecule has 1 heterocycles. The molecule has 0 spiro atoms. The van der Waals surface area contributed by atoms with Gasteiger partial charge >= 0.3 is 0 Å². The van der Waals surface area contributed by atoms with Crippen molar-refractivity contribution in [3.05, 3.63) is 65.7 Å². The molecule has 0 unspecified atom stereocenters. The van der Waals surface area contributed by atoms with Crippen LogP contribution in [0.1, 0.15) is 17.5 Å². The molecule has 7 heteroatoms. The molecule has 0 saturated carbocycles. The Balaban J connectivity index is 1.68. The molecule has 0 radical (unpaired) electrons. The molecule has 1 N–H and O–H groups in total. The van der Waals surface area contributed by atoms with Gasteiger partial charge in [-0.3, -0.25) is 4.79 Å². The highest BCUT2D eigenvalue weighted by Crippen LogP contribution is 2.20. The fourth-order valence-electron chi connectivity index (χ4n) is 3.00. The third-order valence-electron chi connectivity index (χ3n) is 4.45. The average molecular weight is 373 g/mol. The second kappa shape index (κ2) is 7.99. The van der Waals surface area contributed by atoms with Gasteiger partial charge < -0.3 is 5.32 Å². The monoisotopic (exact) mass is 373 g/mol. The van der Waals surface area contributed by atoms with E-state index in [0.29, 0.717) is 31.7 Å². The number of nitrogens with zero attached hydrogens (tertiary/aromatic N) is 2. The highest BCUT2D eigenvalue weighted by atomic mass is 32.2. The van der Waals surface area contributed by atoms with Crippen molar-refractivity contribution in [3.63, 3.8) is 0 Å². The Hall–Kier alpha value is -2.22. The summed E-state index contributed by atoms with van der Waals surface area (Å²) in [7, 11) is -3.66. The summed E-state index contributed by atoms with van der Waals surface area (Å²) in [6.45, 7) is 2.94. The summed E-state index contributed by atoms with van der Waals surface area (Å²) in [5, 5.41) is 2.74. The summed E-state index contributed by atoms with van der Waals surface area (Å²) < 4.78 is 28.5. The van der Waals surface area contributed by atoms with Crippen LogP contribution in [0.25, 0.3) is 0 Å². The predicted molar refractivity (Wildman–Crippen MR) is 102 cm³/mol. The number of rotatable bonds is 5. The predicted octanol–water partition coefficient (Wildman–Crippen LogP) is 2.39. The molecular formula is C19H23N3O3S. The Morgan fingerprint density at radius 3 is 2.38 bits per heavy atom. The molecule has 1 aliphatic rings. The van der Waals surface area contributed by atoms with E-state index in [4.69, 9.17) is 0 Å². The lowest BCUT2D eigenvalue weighted by Crippen LogP contribution is -2.51. The second-order valence-corrected chi connectivity index (χ2v) is 8.30. The van der Waals surface area contributed by atoms with Crippen molar-refractivity contribution in [2.45, 2.75) is 19.9 Å². The fourth-order valence-corrected chi connectivity index (χ4v) is 4.63. The number of benzene rings is 2. The van der Waals surface area contributed by atoms with E-state index < -0.39 is 10.2 Å². The molecule has 138 valence electrons. The zero-order chi connectivity index (χ0) is 18.6. The summed E-state index contributed by atoms with van der Waals surface area (Å²) in [6, 6.07) is 16.8. The molecule has 1 saturated heterocycles. The van der Waals surface area contributed by atoms with Gasteiger partial charge in [-0.15, -0.1) is 0 Å². The Labute approximate surface area is 154 Å². The van der Waals surface area contributed by atoms with Gasteiger partial charge in [0.2, 0.25) is 5.91 Å². The largest absolute Gasteiger partial charge is 0.325 e. The maximum absolute atomic E-state index is 12.9. The van der Waals surface area contributed by atoms with Crippen LogP contribution < -0.4 is 5.32 Å². The number of para-hydroxylation sites is 1. The first kappa shape index (κ1) is 18.6. The highest BCUT2D eigenvalue weighted by molar-refractivity contribution is 7.86. The quantitative estimate of drug-likeness (QED) is 0.875. The molecule has 2 aromatic rings. The first-order valence-electron chi connectivity index (χ1n) is 8.61. The number of hydrogen-bond donors (Lipinski definition) is 1. The molecule has 1 amide bonds. The van der Waals surface area contributed by atoms with Crippen molar-refractivity contribution < 1.29 is 13.2 Å². The number of nitrogens with one attached hydrogen (secondary N) is 1. The van der Waals surface area contributed by atoms with Gasteiger partial charge in [0, 0.05) is 25.3 Å². The van der Waals surface area contributed by atoms with Gasteiger partial charge in [0.25, 0.3) is 10.2 Å². The molecule has 26 heavy (non-hydrogen) atoms. The number of carbonyl (C=O) groups excluding carboxylic acids is 1. The van der Waals surface area contributed by atoms with Gasteiger partial charge in [-0.2, -0.15) is 17.0 Å².